The van der Waals surface area contributed by atoms with Crippen molar-refractivity contribution in [1.29, 1.82) is 0 Å². The van der Waals surface area contributed by atoms with Gasteiger partial charge in [-0.2, -0.15) is 10.2 Å². The topological polar surface area (TPSA) is 81.8 Å². The van der Waals surface area contributed by atoms with E-state index in [0.717, 1.165) is 66.4 Å². The van der Waals surface area contributed by atoms with Gasteiger partial charge in [0.1, 0.15) is 12.1 Å². The highest BCUT2D eigenvalue weighted by molar-refractivity contribution is 5.83. The van der Waals surface area contributed by atoms with Crippen molar-refractivity contribution in [1.82, 2.24) is 24.9 Å². The minimum atomic E-state index is -0.268. The lowest BCUT2D eigenvalue weighted by Crippen LogP contribution is -2.40. The monoisotopic (exact) mass is 419 g/mol. The van der Waals surface area contributed by atoms with Crippen molar-refractivity contribution in [2.75, 3.05) is 0 Å². The van der Waals surface area contributed by atoms with Crippen molar-refractivity contribution in [3.8, 4) is 5.69 Å². The van der Waals surface area contributed by atoms with Crippen LogP contribution >= 0.6 is 0 Å². The Morgan fingerprint density at radius 3 is 2.61 bits per heavy atom. The van der Waals surface area contributed by atoms with Gasteiger partial charge < -0.3 is 5.32 Å². The van der Waals surface area contributed by atoms with E-state index in [1.807, 2.05) is 26.0 Å². The number of amides is 1. The number of nitrogens with one attached hydrogen (secondary N) is 1. The molecule has 162 valence electrons. The largest absolute Gasteiger partial charge is 0.352 e. The van der Waals surface area contributed by atoms with Crippen molar-refractivity contribution in [3.05, 3.63) is 51.6 Å². The predicted octanol–water partition coefficient (Wildman–Crippen LogP) is 3.53. The summed E-state index contributed by atoms with van der Waals surface area (Å²) in [6, 6.07) is 6.31. The van der Waals surface area contributed by atoms with Crippen LogP contribution in [0.3, 0.4) is 0 Å². The van der Waals surface area contributed by atoms with Crippen LogP contribution in [0.25, 0.3) is 16.6 Å². The van der Waals surface area contributed by atoms with Crippen LogP contribution in [0.4, 0.5) is 0 Å². The van der Waals surface area contributed by atoms with Crippen molar-refractivity contribution >= 4 is 16.8 Å². The molecule has 2 saturated carbocycles. The van der Waals surface area contributed by atoms with Crippen LogP contribution in [0.1, 0.15) is 67.7 Å². The Hall–Kier alpha value is -2.96. The third kappa shape index (κ3) is 3.89. The van der Waals surface area contributed by atoms with Crippen LogP contribution in [-0.2, 0) is 11.3 Å². The van der Waals surface area contributed by atoms with Gasteiger partial charge in [0.15, 0.2) is 0 Å². The van der Waals surface area contributed by atoms with Crippen LogP contribution < -0.4 is 10.9 Å². The highest BCUT2D eigenvalue weighted by Crippen LogP contribution is 2.41. The fourth-order valence-electron chi connectivity index (χ4n) is 4.74. The normalized spacial score (nSPS) is 17.2. The molecule has 1 aromatic carbocycles. The Morgan fingerprint density at radius 2 is 1.90 bits per heavy atom. The molecule has 0 bridgehead atoms. The second-order valence-electron chi connectivity index (χ2n) is 9.13. The second kappa shape index (κ2) is 7.94. The molecule has 7 nitrogen and oxygen atoms in total. The molecule has 0 saturated heterocycles. The SMILES string of the molecule is Cc1ccc(-n2ncc3c(C4CC4)nn(CC(=O)NC4CCCCC4)c(=O)c32)c(C)c1. The number of carbonyl (C=O) groups excluding carboxylic acids is 1. The lowest BCUT2D eigenvalue weighted by atomic mass is 9.95. The molecule has 2 heterocycles. The maximum atomic E-state index is 13.4. The van der Waals surface area contributed by atoms with Gasteiger partial charge in [-0.15, -0.1) is 0 Å². The minimum Gasteiger partial charge on any atom is -0.352 e. The number of nitrogens with zero attached hydrogens (tertiary/aromatic N) is 4. The first-order chi connectivity index (χ1) is 15.0. The fraction of sp³-hybridized carbons (Fsp3) is 0.500. The first-order valence-corrected chi connectivity index (χ1v) is 11.4. The Kier molecular flexibility index (Phi) is 5.12. The fourth-order valence-corrected chi connectivity index (χ4v) is 4.74. The highest BCUT2D eigenvalue weighted by Gasteiger charge is 2.30. The molecule has 3 aromatic rings. The first-order valence-electron chi connectivity index (χ1n) is 11.4. The zero-order valence-corrected chi connectivity index (χ0v) is 18.2. The third-order valence-electron chi connectivity index (χ3n) is 6.52. The molecule has 2 aliphatic rings. The van der Waals surface area contributed by atoms with Crippen molar-refractivity contribution < 1.29 is 4.79 Å². The van der Waals surface area contributed by atoms with E-state index in [0.29, 0.717) is 11.4 Å². The molecule has 0 radical (unpaired) electrons. The summed E-state index contributed by atoms with van der Waals surface area (Å²) in [5, 5.41) is 13.1. The molecule has 2 aliphatic carbocycles. The summed E-state index contributed by atoms with van der Waals surface area (Å²) in [6.07, 6.45) is 9.43. The average molecular weight is 420 g/mol. The molecule has 0 spiro atoms. The van der Waals surface area contributed by atoms with E-state index in [4.69, 9.17) is 0 Å². The summed E-state index contributed by atoms with van der Waals surface area (Å²) in [5.74, 6) is 0.202. The molecule has 5 rings (SSSR count). The number of hydrogen-bond acceptors (Lipinski definition) is 4. The van der Waals surface area contributed by atoms with Crippen LogP contribution in [0.5, 0.6) is 0 Å². The van der Waals surface area contributed by atoms with Gasteiger partial charge in [0, 0.05) is 17.3 Å². The van der Waals surface area contributed by atoms with E-state index in [9.17, 15) is 9.59 Å². The molecule has 2 aromatic heterocycles. The van der Waals surface area contributed by atoms with Gasteiger partial charge in [0.25, 0.3) is 5.56 Å². The Bertz CT molecular complexity index is 1200. The van der Waals surface area contributed by atoms with Crippen molar-refractivity contribution in [3.63, 3.8) is 0 Å². The van der Waals surface area contributed by atoms with E-state index in [-0.39, 0.29) is 24.1 Å². The van der Waals surface area contributed by atoms with Gasteiger partial charge in [-0.3, -0.25) is 9.59 Å². The van der Waals surface area contributed by atoms with E-state index in [2.05, 4.69) is 21.6 Å². The minimum absolute atomic E-state index is 0.0525. The quantitative estimate of drug-likeness (QED) is 0.686. The van der Waals surface area contributed by atoms with Gasteiger partial charge in [0.05, 0.1) is 17.6 Å². The molecule has 2 fully saturated rings. The van der Waals surface area contributed by atoms with E-state index < -0.39 is 0 Å². The smallest absolute Gasteiger partial charge is 0.293 e. The van der Waals surface area contributed by atoms with Gasteiger partial charge in [-0.25, -0.2) is 9.36 Å². The summed E-state index contributed by atoms with van der Waals surface area (Å²) < 4.78 is 3.06. The van der Waals surface area contributed by atoms with Gasteiger partial charge >= 0.3 is 0 Å². The maximum Gasteiger partial charge on any atom is 0.293 e. The number of benzene rings is 1. The summed E-state index contributed by atoms with van der Waals surface area (Å²) in [6.45, 7) is 4.02. The molecule has 7 heteroatoms. The third-order valence-corrected chi connectivity index (χ3v) is 6.52. The zero-order chi connectivity index (χ0) is 21.5. The molecular weight excluding hydrogens is 390 g/mol. The van der Waals surface area contributed by atoms with Crippen LogP contribution in [-0.4, -0.2) is 31.5 Å². The van der Waals surface area contributed by atoms with E-state index >= 15 is 0 Å². The number of aryl methyl sites for hydroxylation is 2. The number of carbonyl (C=O) groups is 1. The summed E-state index contributed by atoms with van der Waals surface area (Å²) in [5.41, 5.74) is 4.22. The molecule has 1 amide bonds. The molecule has 31 heavy (non-hydrogen) atoms. The van der Waals surface area contributed by atoms with Gasteiger partial charge in [-0.05, 0) is 51.2 Å². The summed E-state index contributed by atoms with van der Waals surface area (Å²) in [4.78, 5) is 26.2. The molecule has 0 aliphatic heterocycles. The molecule has 0 atom stereocenters. The van der Waals surface area contributed by atoms with Crippen LogP contribution in [0.15, 0.2) is 29.2 Å². The van der Waals surface area contributed by atoms with Crippen molar-refractivity contribution in [2.24, 2.45) is 0 Å². The maximum absolute atomic E-state index is 13.4. The molecule has 1 N–H and O–H groups in total. The number of hydrogen-bond donors (Lipinski definition) is 1. The van der Waals surface area contributed by atoms with Crippen molar-refractivity contribution in [2.45, 2.75) is 77.3 Å². The number of aromatic nitrogens is 4. The average Bonchev–Trinajstić information content (AvgIpc) is 3.49. The number of rotatable bonds is 5. The van der Waals surface area contributed by atoms with Gasteiger partial charge in [0.2, 0.25) is 5.91 Å². The van der Waals surface area contributed by atoms with Crippen LogP contribution in [0.2, 0.25) is 0 Å². The zero-order valence-electron chi connectivity index (χ0n) is 18.2. The highest BCUT2D eigenvalue weighted by atomic mass is 16.2. The van der Waals surface area contributed by atoms with Gasteiger partial charge in [-0.1, -0.05) is 37.0 Å². The Balaban J connectivity index is 1.55. The summed E-state index contributed by atoms with van der Waals surface area (Å²) in [7, 11) is 0. The van der Waals surface area contributed by atoms with Crippen LogP contribution in [0, 0.1) is 13.8 Å². The van der Waals surface area contributed by atoms with E-state index in [1.54, 1.807) is 10.9 Å². The first kappa shape index (κ1) is 20.0. The lowest BCUT2D eigenvalue weighted by molar-refractivity contribution is -0.122. The second-order valence-corrected chi connectivity index (χ2v) is 9.13. The molecule has 0 unspecified atom stereocenters. The standard InChI is InChI=1S/C24H29N5O2/c1-15-8-11-20(16(2)12-15)29-23-19(13-25-29)22(17-9-10-17)27-28(24(23)31)14-21(30)26-18-6-4-3-5-7-18/h8,11-13,17-18H,3-7,9-10,14H2,1-2H3,(H,26,30). The Morgan fingerprint density at radius 1 is 1.13 bits per heavy atom. The lowest BCUT2D eigenvalue weighted by Gasteiger charge is -2.22. The number of fused-ring (bicyclic) bond motifs is 1. The van der Waals surface area contributed by atoms with E-state index in [1.165, 1.54) is 11.1 Å². The summed E-state index contributed by atoms with van der Waals surface area (Å²) >= 11 is 0. The molecular formula is C24H29N5O2. The Labute approximate surface area is 181 Å². The predicted molar refractivity (Wildman–Crippen MR) is 120 cm³/mol.